The van der Waals surface area contributed by atoms with Gasteiger partial charge in [0.05, 0.1) is 0 Å². The lowest BCUT2D eigenvalue weighted by atomic mass is 9.86. The summed E-state index contributed by atoms with van der Waals surface area (Å²) in [5.41, 5.74) is 0.771. The molecule has 0 aromatic heterocycles. The van der Waals surface area contributed by atoms with Gasteiger partial charge in [0.25, 0.3) is 0 Å². The van der Waals surface area contributed by atoms with Crippen molar-refractivity contribution in [2.45, 2.75) is 27.7 Å². The van der Waals surface area contributed by atoms with Gasteiger partial charge in [-0.1, -0.05) is 20.8 Å². The molecule has 0 saturated heterocycles. The lowest BCUT2D eigenvalue weighted by Crippen LogP contribution is -2.20. The molecule has 0 N–H and O–H groups in total. The van der Waals surface area contributed by atoms with E-state index in [9.17, 15) is 9.18 Å². The van der Waals surface area contributed by atoms with E-state index in [1.807, 2.05) is 20.8 Å². The third-order valence-electron chi connectivity index (χ3n) is 1.99. The van der Waals surface area contributed by atoms with Gasteiger partial charge in [0.15, 0.2) is 5.78 Å². The minimum Gasteiger partial charge on any atom is -0.294 e. The van der Waals surface area contributed by atoms with Crippen molar-refractivity contribution < 1.29 is 9.18 Å². The molecule has 76 valence electrons. The van der Waals surface area contributed by atoms with Gasteiger partial charge in [-0.05, 0) is 30.7 Å². The molecule has 1 aromatic rings. The topological polar surface area (TPSA) is 17.1 Å². The Morgan fingerprint density at radius 3 is 2.21 bits per heavy atom. The normalized spacial score (nSPS) is 11.5. The van der Waals surface area contributed by atoms with Crippen molar-refractivity contribution in [3.63, 3.8) is 0 Å². The molecule has 0 radical (unpaired) electrons. The minimum atomic E-state index is -0.458. The molecule has 0 heterocycles. The van der Waals surface area contributed by atoms with Crippen LogP contribution in [0.15, 0.2) is 18.2 Å². The molecule has 0 aliphatic rings. The predicted molar refractivity (Wildman–Crippen MR) is 54.9 cm³/mol. The average Bonchev–Trinajstić information content (AvgIpc) is 1.99. The zero-order valence-corrected chi connectivity index (χ0v) is 9.02. The first-order valence-electron chi connectivity index (χ1n) is 4.63. The van der Waals surface area contributed by atoms with Gasteiger partial charge >= 0.3 is 0 Å². The van der Waals surface area contributed by atoms with Crippen LogP contribution in [-0.4, -0.2) is 5.78 Å². The molecule has 0 aliphatic carbocycles. The van der Waals surface area contributed by atoms with Crippen LogP contribution in [0.3, 0.4) is 0 Å². The van der Waals surface area contributed by atoms with Gasteiger partial charge in [0.2, 0.25) is 0 Å². The molecule has 0 aliphatic heterocycles. The van der Waals surface area contributed by atoms with E-state index in [-0.39, 0.29) is 11.6 Å². The molecule has 0 saturated carbocycles. The highest BCUT2D eigenvalue weighted by Crippen LogP contribution is 2.21. The number of benzene rings is 1. The van der Waals surface area contributed by atoms with Crippen molar-refractivity contribution in [1.29, 1.82) is 0 Å². The number of halogens is 1. The highest BCUT2D eigenvalue weighted by Gasteiger charge is 2.23. The van der Waals surface area contributed by atoms with Crippen LogP contribution in [0.4, 0.5) is 4.39 Å². The summed E-state index contributed by atoms with van der Waals surface area (Å²) in [6, 6.07) is 4.43. The lowest BCUT2D eigenvalue weighted by molar-refractivity contribution is 0.0858. The number of hydrogen-bond acceptors (Lipinski definition) is 1. The van der Waals surface area contributed by atoms with Crippen molar-refractivity contribution in [2.75, 3.05) is 0 Å². The molecule has 0 amide bonds. The van der Waals surface area contributed by atoms with Gasteiger partial charge in [0.1, 0.15) is 5.82 Å². The van der Waals surface area contributed by atoms with Crippen LogP contribution in [0.2, 0.25) is 0 Å². The maximum absolute atomic E-state index is 13.0. The Kier molecular flexibility index (Phi) is 2.74. The summed E-state index contributed by atoms with van der Waals surface area (Å²) in [5, 5.41) is 0. The molecule has 1 aromatic carbocycles. The van der Waals surface area contributed by atoms with E-state index in [1.165, 1.54) is 12.1 Å². The van der Waals surface area contributed by atoms with Gasteiger partial charge in [-0.25, -0.2) is 4.39 Å². The molecule has 0 fully saturated rings. The Hall–Kier alpha value is -1.18. The molecular formula is C12H15FO. The maximum atomic E-state index is 13.0. The lowest BCUT2D eigenvalue weighted by Gasteiger charge is -2.16. The Labute approximate surface area is 83.9 Å². The van der Waals surface area contributed by atoms with E-state index in [4.69, 9.17) is 0 Å². The maximum Gasteiger partial charge on any atom is 0.168 e. The van der Waals surface area contributed by atoms with Crippen LogP contribution < -0.4 is 0 Å². The third kappa shape index (κ3) is 2.41. The van der Waals surface area contributed by atoms with Gasteiger partial charge in [0, 0.05) is 11.0 Å². The molecule has 1 rings (SSSR count). The standard InChI is InChI=1S/C12H15FO/c1-8-5-9(7-10(13)6-8)11(14)12(2,3)4/h5-7H,1-4H3. The number of carbonyl (C=O) groups excluding carboxylic acids is 1. The highest BCUT2D eigenvalue weighted by atomic mass is 19.1. The van der Waals surface area contributed by atoms with Crippen molar-refractivity contribution in [3.8, 4) is 0 Å². The van der Waals surface area contributed by atoms with Crippen molar-refractivity contribution >= 4 is 5.78 Å². The van der Waals surface area contributed by atoms with Crippen LogP contribution in [0.25, 0.3) is 0 Å². The summed E-state index contributed by atoms with van der Waals surface area (Å²) in [4.78, 5) is 11.8. The summed E-state index contributed by atoms with van der Waals surface area (Å²) in [6.07, 6.45) is 0. The number of Topliss-reactive ketones (excluding diaryl/α,β-unsaturated/α-hetero) is 1. The Bertz CT molecular complexity index is 341. The van der Waals surface area contributed by atoms with Crippen molar-refractivity contribution in [3.05, 3.63) is 35.1 Å². The first-order valence-corrected chi connectivity index (χ1v) is 4.63. The van der Waals surface area contributed by atoms with Crippen LogP contribution in [-0.2, 0) is 0 Å². The number of rotatable bonds is 1. The van der Waals surface area contributed by atoms with Crippen molar-refractivity contribution in [1.82, 2.24) is 0 Å². The molecular weight excluding hydrogens is 179 g/mol. The van der Waals surface area contributed by atoms with E-state index < -0.39 is 5.41 Å². The fourth-order valence-corrected chi connectivity index (χ4v) is 1.30. The first kappa shape index (κ1) is 10.9. The Morgan fingerprint density at radius 2 is 1.79 bits per heavy atom. The minimum absolute atomic E-state index is 0.0277. The highest BCUT2D eigenvalue weighted by molar-refractivity contribution is 5.99. The van der Waals surface area contributed by atoms with E-state index in [0.29, 0.717) is 5.56 Å². The second-order valence-corrected chi connectivity index (χ2v) is 4.60. The second-order valence-electron chi connectivity index (χ2n) is 4.60. The smallest absolute Gasteiger partial charge is 0.168 e. The van der Waals surface area contributed by atoms with Gasteiger partial charge < -0.3 is 0 Å². The van der Waals surface area contributed by atoms with E-state index in [1.54, 1.807) is 13.0 Å². The number of hydrogen-bond donors (Lipinski definition) is 0. The zero-order valence-electron chi connectivity index (χ0n) is 9.02. The van der Waals surface area contributed by atoms with E-state index in [2.05, 4.69) is 0 Å². The van der Waals surface area contributed by atoms with Gasteiger partial charge in [-0.2, -0.15) is 0 Å². The van der Waals surface area contributed by atoms with Crippen LogP contribution in [0.5, 0.6) is 0 Å². The molecule has 0 spiro atoms. The Morgan fingerprint density at radius 1 is 1.21 bits per heavy atom. The quantitative estimate of drug-likeness (QED) is 0.626. The molecule has 0 atom stereocenters. The molecule has 0 bridgehead atoms. The Balaban J connectivity index is 3.14. The summed E-state index contributed by atoms with van der Waals surface area (Å²) in [5.74, 6) is -0.377. The van der Waals surface area contributed by atoms with Crippen molar-refractivity contribution in [2.24, 2.45) is 5.41 Å². The summed E-state index contributed by atoms with van der Waals surface area (Å²) < 4.78 is 13.0. The van der Waals surface area contributed by atoms with Gasteiger partial charge in [-0.15, -0.1) is 0 Å². The monoisotopic (exact) mass is 194 g/mol. The summed E-state index contributed by atoms with van der Waals surface area (Å²) in [6.45, 7) is 7.27. The number of aryl methyl sites for hydroxylation is 1. The molecule has 0 unspecified atom stereocenters. The van der Waals surface area contributed by atoms with Crippen LogP contribution in [0, 0.1) is 18.2 Å². The number of ketones is 1. The fraction of sp³-hybridized carbons (Fsp3) is 0.417. The average molecular weight is 194 g/mol. The van der Waals surface area contributed by atoms with E-state index in [0.717, 1.165) is 5.56 Å². The summed E-state index contributed by atoms with van der Waals surface area (Å²) in [7, 11) is 0. The third-order valence-corrected chi connectivity index (χ3v) is 1.99. The molecule has 2 heteroatoms. The summed E-state index contributed by atoms with van der Waals surface area (Å²) >= 11 is 0. The zero-order chi connectivity index (χ0) is 10.9. The van der Waals surface area contributed by atoms with Crippen LogP contribution >= 0.6 is 0 Å². The number of carbonyl (C=O) groups is 1. The molecule has 14 heavy (non-hydrogen) atoms. The van der Waals surface area contributed by atoms with Gasteiger partial charge in [-0.3, -0.25) is 4.79 Å². The SMILES string of the molecule is Cc1cc(F)cc(C(=O)C(C)(C)C)c1. The van der Waals surface area contributed by atoms with E-state index >= 15 is 0 Å². The molecule has 1 nitrogen and oxygen atoms in total. The largest absolute Gasteiger partial charge is 0.294 e. The first-order chi connectivity index (χ1) is 6.30. The second kappa shape index (κ2) is 3.52. The fourth-order valence-electron chi connectivity index (χ4n) is 1.30. The van der Waals surface area contributed by atoms with Crippen LogP contribution in [0.1, 0.15) is 36.7 Å². The predicted octanol–water partition coefficient (Wildman–Crippen LogP) is 3.36.